The van der Waals surface area contributed by atoms with Gasteiger partial charge in [0.15, 0.2) is 0 Å². The van der Waals surface area contributed by atoms with Crippen molar-refractivity contribution in [2.75, 3.05) is 6.54 Å². The van der Waals surface area contributed by atoms with E-state index in [-0.39, 0.29) is 0 Å². The van der Waals surface area contributed by atoms with Crippen molar-refractivity contribution in [3.05, 3.63) is 29.6 Å². The van der Waals surface area contributed by atoms with Gasteiger partial charge in [-0.1, -0.05) is 12.2 Å². The topological polar surface area (TPSA) is 68.0 Å². The van der Waals surface area contributed by atoms with Crippen molar-refractivity contribution < 1.29 is 4.79 Å². The van der Waals surface area contributed by atoms with Crippen LogP contribution in [0.4, 0.5) is 0 Å². The third-order valence-electron chi connectivity index (χ3n) is 1.62. The summed E-state index contributed by atoms with van der Waals surface area (Å²) in [4.78, 5) is 15.3. The van der Waals surface area contributed by atoms with E-state index >= 15 is 0 Å². The summed E-state index contributed by atoms with van der Waals surface area (Å²) in [6, 6.07) is 1.63. The maximum atomic E-state index is 10.9. The lowest BCUT2D eigenvalue weighted by atomic mass is 10.2. The summed E-state index contributed by atoms with van der Waals surface area (Å²) < 4.78 is 0. The first-order valence-electron chi connectivity index (χ1n) is 4.18. The van der Waals surface area contributed by atoms with Gasteiger partial charge >= 0.3 is 0 Å². The van der Waals surface area contributed by atoms with Gasteiger partial charge in [0.25, 0.3) is 0 Å². The van der Waals surface area contributed by atoms with Gasteiger partial charge < -0.3 is 11.1 Å². The predicted molar refractivity (Wildman–Crippen MR) is 58.1 cm³/mol. The van der Waals surface area contributed by atoms with Crippen molar-refractivity contribution >= 4 is 23.1 Å². The van der Waals surface area contributed by atoms with E-state index in [0.29, 0.717) is 16.1 Å². The molecule has 0 fully saturated rings. The number of carbonyl (C=O) groups excluding carboxylic acids is 1. The van der Waals surface area contributed by atoms with Crippen molar-refractivity contribution in [2.24, 2.45) is 5.73 Å². The lowest BCUT2D eigenvalue weighted by Gasteiger charge is -2.05. The van der Waals surface area contributed by atoms with Gasteiger partial charge in [-0.2, -0.15) is 0 Å². The Morgan fingerprint density at radius 3 is 2.79 bits per heavy atom. The average Bonchev–Trinajstić information content (AvgIpc) is 2.18. The molecule has 14 heavy (non-hydrogen) atoms. The molecule has 1 aromatic rings. The molecule has 0 aliphatic carbocycles. The molecule has 0 saturated carbocycles. The number of hydrogen-bond acceptors (Lipinski definition) is 3. The van der Waals surface area contributed by atoms with Gasteiger partial charge in [-0.15, -0.1) is 0 Å². The van der Waals surface area contributed by atoms with Crippen LogP contribution in [-0.2, 0) is 0 Å². The molecule has 1 heterocycles. The fourth-order valence-corrected chi connectivity index (χ4v) is 1.22. The zero-order valence-electron chi connectivity index (χ0n) is 7.78. The number of hydrogen-bond donors (Lipinski definition) is 2. The Kier molecular flexibility index (Phi) is 3.53. The molecular weight excluding hydrogens is 198 g/mol. The standard InChI is InChI=1S/C9H11N3OS/c1-2-12-9(14)7-3-6(8(10)13)4-11-5-7/h3-5H,2H2,1H3,(H2,10,13)(H,12,14). The van der Waals surface area contributed by atoms with E-state index in [4.69, 9.17) is 18.0 Å². The molecular formula is C9H11N3OS. The van der Waals surface area contributed by atoms with E-state index in [2.05, 4.69) is 10.3 Å². The van der Waals surface area contributed by atoms with Gasteiger partial charge in [0.05, 0.1) is 5.56 Å². The third kappa shape index (κ3) is 2.50. The minimum atomic E-state index is -0.501. The van der Waals surface area contributed by atoms with Crippen LogP contribution in [0.2, 0.25) is 0 Å². The van der Waals surface area contributed by atoms with E-state index in [1.807, 2.05) is 6.92 Å². The first-order chi connectivity index (χ1) is 6.65. The maximum absolute atomic E-state index is 10.9. The molecule has 0 aromatic carbocycles. The molecule has 1 rings (SSSR count). The van der Waals surface area contributed by atoms with Gasteiger partial charge in [0, 0.05) is 24.5 Å². The molecule has 3 N–H and O–H groups in total. The lowest BCUT2D eigenvalue weighted by molar-refractivity contribution is 0.1000. The largest absolute Gasteiger partial charge is 0.376 e. The maximum Gasteiger partial charge on any atom is 0.250 e. The minimum absolute atomic E-state index is 0.364. The Morgan fingerprint density at radius 2 is 2.21 bits per heavy atom. The molecule has 1 amide bonds. The van der Waals surface area contributed by atoms with Crippen LogP contribution in [0.1, 0.15) is 22.8 Å². The molecule has 5 heteroatoms. The van der Waals surface area contributed by atoms with E-state index < -0.39 is 5.91 Å². The van der Waals surface area contributed by atoms with E-state index in [9.17, 15) is 4.79 Å². The van der Waals surface area contributed by atoms with Crippen LogP contribution in [0.15, 0.2) is 18.5 Å². The number of carbonyl (C=O) groups is 1. The smallest absolute Gasteiger partial charge is 0.250 e. The summed E-state index contributed by atoms with van der Waals surface area (Å²) in [5, 5.41) is 2.97. The Bertz CT molecular complexity index is 365. The highest BCUT2D eigenvalue weighted by Crippen LogP contribution is 2.02. The van der Waals surface area contributed by atoms with Gasteiger partial charge in [0.1, 0.15) is 4.99 Å². The fraction of sp³-hybridized carbons (Fsp3) is 0.222. The number of nitrogens with zero attached hydrogens (tertiary/aromatic N) is 1. The van der Waals surface area contributed by atoms with Crippen LogP contribution in [0.5, 0.6) is 0 Å². The number of nitrogens with two attached hydrogens (primary N) is 1. The van der Waals surface area contributed by atoms with Crippen LogP contribution in [0, 0.1) is 0 Å². The van der Waals surface area contributed by atoms with Crippen molar-refractivity contribution in [2.45, 2.75) is 6.92 Å². The van der Waals surface area contributed by atoms with Crippen molar-refractivity contribution in [1.82, 2.24) is 10.3 Å². The summed E-state index contributed by atoms with van der Waals surface area (Å²) in [6.45, 7) is 2.68. The Labute approximate surface area is 87.5 Å². The molecule has 0 radical (unpaired) electrons. The normalized spacial score (nSPS) is 9.50. The molecule has 0 aliphatic rings. The SMILES string of the molecule is CCNC(=S)c1cncc(C(N)=O)c1. The first kappa shape index (κ1) is 10.6. The van der Waals surface area contributed by atoms with E-state index in [1.54, 1.807) is 12.3 Å². The van der Waals surface area contributed by atoms with Crippen LogP contribution in [0.3, 0.4) is 0 Å². The van der Waals surface area contributed by atoms with Crippen LogP contribution in [0.25, 0.3) is 0 Å². The summed E-state index contributed by atoms with van der Waals surface area (Å²) in [7, 11) is 0. The predicted octanol–water partition coefficient (Wildman–Crippen LogP) is 0.466. The van der Waals surface area contributed by atoms with Crippen LogP contribution in [-0.4, -0.2) is 22.4 Å². The number of pyridine rings is 1. The van der Waals surface area contributed by atoms with Gasteiger partial charge in [-0.25, -0.2) is 0 Å². The molecule has 0 bridgehead atoms. The van der Waals surface area contributed by atoms with Crippen LogP contribution < -0.4 is 11.1 Å². The van der Waals surface area contributed by atoms with Crippen molar-refractivity contribution in [3.8, 4) is 0 Å². The van der Waals surface area contributed by atoms with E-state index in [0.717, 1.165) is 6.54 Å². The highest BCUT2D eigenvalue weighted by atomic mass is 32.1. The van der Waals surface area contributed by atoms with Crippen molar-refractivity contribution in [3.63, 3.8) is 0 Å². The molecule has 74 valence electrons. The monoisotopic (exact) mass is 209 g/mol. The number of rotatable bonds is 3. The van der Waals surface area contributed by atoms with Gasteiger partial charge in [-0.05, 0) is 13.0 Å². The molecule has 0 atom stereocenters. The molecule has 1 aromatic heterocycles. The van der Waals surface area contributed by atoms with Crippen LogP contribution >= 0.6 is 12.2 Å². The summed E-state index contributed by atoms with van der Waals surface area (Å²) in [5.74, 6) is -0.501. The van der Waals surface area contributed by atoms with Gasteiger partial charge in [-0.3, -0.25) is 9.78 Å². The third-order valence-corrected chi connectivity index (χ3v) is 2.00. The number of thiocarbonyl (C=S) groups is 1. The minimum Gasteiger partial charge on any atom is -0.376 e. The summed E-state index contributed by atoms with van der Waals surface area (Å²) >= 11 is 5.06. The Balaban J connectivity index is 2.93. The summed E-state index contributed by atoms with van der Waals surface area (Å²) in [6.07, 6.45) is 3.01. The second-order valence-electron chi connectivity index (χ2n) is 2.69. The molecule has 0 spiro atoms. The zero-order valence-corrected chi connectivity index (χ0v) is 8.60. The highest BCUT2D eigenvalue weighted by Gasteiger charge is 2.04. The quantitative estimate of drug-likeness (QED) is 0.710. The number of nitrogens with one attached hydrogen (secondary N) is 1. The number of primary amides is 1. The zero-order chi connectivity index (χ0) is 10.6. The van der Waals surface area contributed by atoms with E-state index in [1.165, 1.54) is 6.20 Å². The highest BCUT2D eigenvalue weighted by molar-refractivity contribution is 7.80. The Morgan fingerprint density at radius 1 is 1.57 bits per heavy atom. The molecule has 0 aliphatic heterocycles. The lowest BCUT2D eigenvalue weighted by Crippen LogP contribution is -2.22. The second-order valence-corrected chi connectivity index (χ2v) is 3.09. The Hall–Kier alpha value is -1.49. The van der Waals surface area contributed by atoms with Crippen molar-refractivity contribution in [1.29, 1.82) is 0 Å². The molecule has 0 unspecified atom stereocenters. The average molecular weight is 209 g/mol. The summed E-state index contributed by atoms with van der Waals surface area (Å²) in [5.41, 5.74) is 6.18. The van der Waals surface area contributed by atoms with Gasteiger partial charge in [0.2, 0.25) is 5.91 Å². The molecule has 0 saturated heterocycles. The fourth-order valence-electron chi connectivity index (χ4n) is 0.961. The second kappa shape index (κ2) is 4.66. The first-order valence-corrected chi connectivity index (χ1v) is 4.59. The number of aromatic nitrogens is 1. The number of amides is 1. The molecule has 4 nitrogen and oxygen atoms in total.